The fourth-order valence-corrected chi connectivity index (χ4v) is 0.920. The zero-order valence-electron chi connectivity index (χ0n) is 6.51. The van der Waals surface area contributed by atoms with E-state index in [4.69, 9.17) is 0 Å². The monoisotopic (exact) mass is 160 g/mol. The van der Waals surface area contributed by atoms with E-state index in [1.54, 1.807) is 0 Å². The number of hydrogen-bond donors (Lipinski definition) is 0. The van der Waals surface area contributed by atoms with Crippen LogP contribution in [-0.4, -0.2) is 9.78 Å². The van der Waals surface area contributed by atoms with Crippen LogP contribution >= 0.6 is 0 Å². The predicted molar refractivity (Wildman–Crippen MR) is 37.5 cm³/mol. The Hall–Kier alpha value is -0.930. The van der Waals surface area contributed by atoms with Crippen LogP contribution in [-0.2, 0) is 13.5 Å². The van der Waals surface area contributed by atoms with Gasteiger partial charge in [0.2, 0.25) is 0 Å². The molecule has 0 aliphatic heterocycles. The van der Waals surface area contributed by atoms with Crippen molar-refractivity contribution in [1.82, 2.24) is 9.78 Å². The van der Waals surface area contributed by atoms with Crippen LogP contribution in [0.15, 0.2) is 6.07 Å². The molecule has 0 saturated carbocycles. The highest BCUT2D eigenvalue weighted by molar-refractivity contribution is 5.10. The van der Waals surface area contributed by atoms with E-state index >= 15 is 0 Å². The molecular formula is C7H10F2N2. The van der Waals surface area contributed by atoms with Gasteiger partial charge in [0.25, 0.3) is 6.43 Å². The maximum atomic E-state index is 12.1. The average molecular weight is 160 g/mol. The van der Waals surface area contributed by atoms with E-state index in [2.05, 4.69) is 5.10 Å². The molecule has 0 unspecified atom stereocenters. The average Bonchev–Trinajstić information content (AvgIpc) is 2.30. The van der Waals surface area contributed by atoms with E-state index in [0.717, 1.165) is 0 Å². The van der Waals surface area contributed by atoms with Crippen LogP contribution < -0.4 is 0 Å². The lowest BCUT2D eigenvalue weighted by atomic mass is 10.3. The molecule has 62 valence electrons. The van der Waals surface area contributed by atoms with Gasteiger partial charge in [0.15, 0.2) is 0 Å². The quantitative estimate of drug-likeness (QED) is 0.646. The molecule has 1 aromatic rings. The standard InChI is InChI=1S/C7H10F2N2/c1-3-5-4-6(7(8)9)11(2)10-5/h4,7H,3H2,1-2H3. The van der Waals surface area contributed by atoms with Gasteiger partial charge in [-0.1, -0.05) is 6.92 Å². The number of hydrogen-bond acceptors (Lipinski definition) is 1. The number of nitrogens with zero attached hydrogens (tertiary/aromatic N) is 2. The minimum atomic E-state index is -2.42. The van der Waals surface area contributed by atoms with Crippen molar-refractivity contribution in [3.8, 4) is 0 Å². The Labute approximate surface area is 63.8 Å². The summed E-state index contributed by atoms with van der Waals surface area (Å²) in [7, 11) is 1.53. The van der Waals surface area contributed by atoms with Gasteiger partial charge in [-0.25, -0.2) is 8.78 Å². The van der Waals surface area contributed by atoms with E-state index < -0.39 is 6.43 Å². The zero-order valence-corrected chi connectivity index (χ0v) is 6.51. The summed E-state index contributed by atoms with van der Waals surface area (Å²) in [5, 5.41) is 3.89. The number of aryl methyl sites for hydroxylation is 2. The fourth-order valence-electron chi connectivity index (χ4n) is 0.920. The second-order valence-electron chi connectivity index (χ2n) is 2.34. The summed E-state index contributed by atoms with van der Waals surface area (Å²) in [6, 6.07) is 1.44. The second kappa shape index (κ2) is 2.98. The molecule has 0 aliphatic carbocycles. The Morgan fingerprint density at radius 2 is 2.27 bits per heavy atom. The fraction of sp³-hybridized carbons (Fsp3) is 0.571. The van der Waals surface area contributed by atoms with Crippen molar-refractivity contribution in [3.05, 3.63) is 17.5 Å². The van der Waals surface area contributed by atoms with Crippen molar-refractivity contribution in [3.63, 3.8) is 0 Å². The minimum absolute atomic E-state index is 0.0122. The van der Waals surface area contributed by atoms with Gasteiger partial charge in [-0.15, -0.1) is 0 Å². The molecule has 0 N–H and O–H groups in total. The van der Waals surface area contributed by atoms with Gasteiger partial charge in [0.05, 0.1) is 5.69 Å². The van der Waals surface area contributed by atoms with Gasteiger partial charge in [-0.3, -0.25) is 4.68 Å². The lowest BCUT2D eigenvalue weighted by molar-refractivity contribution is 0.141. The molecule has 0 bridgehead atoms. The highest BCUT2D eigenvalue weighted by atomic mass is 19.3. The van der Waals surface area contributed by atoms with Crippen molar-refractivity contribution < 1.29 is 8.78 Å². The van der Waals surface area contributed by atoms with Gasteiger partial charge < -0.3 is 0 Å². The smallest absolute Gasteiger partial charge is 0.267 e. The molecule has 0 amide bonds. The number of rotatable bonds is 2. The third-order valence-electron chi connectivity index (χ3n) is 1.55. The van der Waals surface area contributed by atoms with Crippen LogP contribution in [0.3, 0.4) is 0 Å². The second-order valence-corrected chi connectivity index (χ2v) is 2.34. The Morgan fingerprint density at radius 1 is 1.64 bits per heavy atom. The Balaban J connectivity index is 2.97. The van der Waals surface area contributed by atoms with Crippen LogP contribution in [0.4, 0.5) is 8.78 Å². The molecular weight excluding hydrogens is 150 g/mol. The molecule has 11 heavy (non-hydrogen) atoms. The first-order chi connectivity index (χ1) is 5.15. The number of alkyl halides is 2. The molecule has 0 aromatic carbocycles. The molecule has 1 heterocycles. The summed E-state index contributed by atoms with van der Waals surface area (Å²) in [5.41, 5.74) is 0.699. The number of halogens is 2. The summed E-state index contributed by atoms with van der Waals surface area (Å²) in [4.78, 5) is 0. The highest BCUT2D eigenvalue weighted by Gasteiger charge is 2.12. The Bertz CT molecular complexity index is 243. The van der Waals surface area contributed by atoms with E-state index in [1.165, 1.54) is 17.8 Å². The third kappa shape index (κ3) is 1.56. The van der Waals surface area contributed by atoms with Gasteiger partial charge in [-0.2, -0.15) is 5.10 Å². The Morgan fingerprint density at radius 3 is 2.55 bits per heavy atom. The maximum absolute atomic E-state index is 12.1. The van der Waals surface area contributed by atoms with Crippen LogP contribution in [0.1, 0.15) is 24.7 Å². The molecule has 4 heteroatoms. The van der Waals surface area contributed by atoms with E-state index in [-0.39, 0.29) is 5.69 Å². The zero-order chi connectivity index (χ0) is 8.43. The lowest BCUT2D eigenvalue weighted by Crippen LogP contribution is -1.97. The van der Waals surface area contributed by atoms with Crippen LogP contribution in [0.5, 0.6) is 0 Å². The van der Waals surface area contributed by atoms with Crippen molar-refractivity contribution in [1.29, 1.82) is 0 Å². The minimum Gasteiger partial charge on any atom is -0.267 e. The lowest BCUT2D eigenvalue weighted by Gasteiger charge is -1.96. The van der Waals surface area contributed by atoms with Gasteiger partial charge in [0, 0.05) is 7.05 Å². The van der Waals surface area contributed by atoms with Crippen molar-refractivity contribution in [2.24, 2.45) is 7.05 Å². The van der Waals surface area contributed by atoms with E-state index in [1.807, 2.05) is 6.92 Å². The molecule has 0 radical (unpaired) electrons. The predicted octanol–water partition coefficient (Wildman–Crippen LogP) is 1.92. The molecule has 0 aliphatic rings. The van der Waals surface area contributed by atoms with Crippen molar-refractivity contribution in [2.75, 3.05) is 0 Å². The summed E-state index contributed by atoms with van der Waals surface area (Å²) in [6.07, 6.45) is -1.73. The summed E-state index contributed by atoms with van der Waals surface area (Å²) in [5.74, 6) is 0. The van der Waals surface area contributed by atoms with E-state index in [0.29, 0.717) is 12.1 Å². The molecule has 1 rings (SSSR count). The highest BCUT2D eigenvalue weighted by Crippen LogP contribution is 2.18. The summed E-state index contributed by atoms with van der Waals surface area (Å²) >= 11 is 0. The summed E-state index contributed by atoms with van der Waals surface area (Å²) in [6.45, 7) is 1.89. The molecule has 0 fully saturated rings. The largest absolute Gasteiger partial charge is 0.280 e. The molecule has 0 atom stereocenters. The molecule has 0 saturated heterocycles. The molecule has 1 aromatic heterocycles. The first kappa shape index (κ1) is 8.17. The molecule has 0 spiro atoms. The SMILES string of the molecule is CCc1cc(C(F)F)n(C)n1. The maximum Gasteiger partial charge on any atom is 0.280 e. The van der Waals surface area contributed by atoms with Crippen LogP contribution in [0.25, 0.3) is 0 Å². The van der Waals surface area contributed by atoms with Gasteiger partial charge in [0.1, 0.15) is 5.69 Å². The van der Waals surface area contributed by atoms with Crippen molar-refractivity contribution >= 4 is 0 Å². The van der Waals surface area contributed by atoms with Gasteiger partial charge in [-0.05, 0) is 12.5 Å². The third-order valence-corrected chi connectivity index (χ3v) is 1.55. The Kier molecular flexibility index (Phi) is 2.22. The van der Waals surface area contributed by atoms with E-state index in [9.17, 15) is 8.78 Å². The first-order valence-electron chi connectivity index (χ1n) is 3.46. The summed E-state index contributed by atoms with van der Waals surface area (Å²) < 4.78 is 25.5. The van der Waals surface area contributed by atoms with Gasteiger partial charge >= 0.3 is 0 Å². The first-order valence-corrected chi connectivity index (χ1v) is 3.46. The number of aromatic nitrogens is 2. The van der Waals surface area contributed by atoms with Crippen LogP contribution in [0, 0.1) is 0 Å². The van der Waals surface area contributed by atoms with Crippen LogP contribution in [0.2, 0.25) is 0 Å². The van der Waals surface area contributed by atoms with Crippen molar-refractivity contribution in [2.45, 2.75) is 19.8 Å². The normalized spacial score (nSPS) is 11.0. The molecule has 2 nitrogen and oxygen atoms in total. The topological polar surface area (TPSA) is 17.8 Å².